The van der Waals surface area contributed by atoms with Crippen molar-refractivity contribution in [2.24, 2.45) is 0 Å². The lowest BCUT2D eigenvalue weighted by Crippen LogP contribution is -2.16. The summed E-state index contributed by atoms with van der Waals surface area (Å²) in [6, 6.07) is 10.5. The molecule has 12 heteroatoms. The van der Waals surface area contributed by atoms with Crippen LogP contribution in [0, 0.1) is 0 Å². The van der Waals surface area contributed by atoms with Crippen molar-refractivity contribution in [3.63, 3.8) is 0 Å². The molecule has 1 aliphatic heterocycles. The third-order valence-electron chi connectivity index (χ3n) is 4.43. The van der Waals surface area contributed by atoms with E-state index in [1.165, 1.54) is 23.1 Å². The molecule has 0 unspecified atom stereocenters. The van der Waals surface area contributed by atoms with Crippen LogP contribution < -0.4 is 20.1 Å². The normalized spacial score (nSPS) is 11.9. The lowest BCUT2D eigenvalue weighted by molar-refractivity contribution is -0.113. The van der Waals surface area contributed by atoms with Crippen LogP contribution in [0.1, 0.15) is 10.4 Å². The Morgan fingerprint density at radius 2 is 2.00 bits per heavy atom. The molecule has 1 aliphatic rings. The summed E-state index contributed by atoms with van der Waals surface area (Å²) in [5.41, 5.74) is 1.91. The first-order valence-corrected chi connectivity index (χ1v) is 12.3. The highest BCUT2D eigenvalue weighted by atomic mass is 32.2. The smallest absolute Gasteiger partial charge is 0.260 e. The summed E-state index contributed by atoms with van der Waals surface area (Å²) in [6.07, 6.45) is 1.58. The lowest BCUT2D eigenvalue weighted by Gasteiger charge is -2.08. The van der Waals surface area contributed by atoms with Crippen LogP contribution >= 0.6 is 34.4 Å². The number of benzene rings is 1. The van der Waals surface area contributed by atoms with Gasteiger partial charge in [-0.1, -0.05) is 23.1 Å². The van der Waals surface area contributed by atoms with Gasteiger partial charge < -0.3 is 14.8 Å². The number of carbonyl (C=O) groups is 2. The van der Waals surface area contributed by atoms with E-state index in [4.69, 9.17) is 9.47 Å². The van der Waals surface area contributed by atoms with Crippen LogP contribution in [0.3, 0.4) is 0 Å². The van der Waals surface area contributed by atoms with E-state index in [1.54, 1.807) is 47.9 Å². The molecule has 5 rings (SSSR count). The topological polar surface area (TPSA) is 115 Å². The number of hydrogen-bond donors (Lipinski definition) is 2. The molecule has 4 heterocycles. The van der Waals surface area contributed by atoms with Crippen molar-refractivity contribution in [1.29, 1.82) is 0 Å². The van der Waals surface area contributed by atoms with Crippen molar-refractivity contribution < 1.29 is 19.1 Å². The fourth-order valence-electron chi connectivity index (χ4n) is 2.92. The van der Waals surface area contributed by atoms with E-state index in [0.717, 1.165) is 10.6 Å². The van der Waals surface area contributed by atoms with Crippen LogP contribution in [0.15, 0.2) is 58.4 Å². The van der Waals surface area contributed by atoms with E-state index in [1.807, 2.05) is 16.8 Å². The van der Waals surface area contributed by atoms with Crippen LogP contribution in [-0.4, -0.2) is 39.5 Å². The molecule has 0 radical (unpaired) electrons. The zero-order valence-corrected chi connectivity index (χ0v) is 19.3. The number of nitrogens with one attached hydrogen (secondary N) is 2. The number of pyridine rings is 1. The molecule has 4 aromatic rings. The van der Waals surface area contributed by atoms with E-state index < -0.39 is 0 Å². The highest BCUT2D eigenvalue weighted by Gasteiger charge is 2.18. The number of thiophene rings is 1. The van der Waals surface area contributed by atoms with Gasteiger partial charge in [-0.15, -0.1) is 10.2 Å². The minimum Gasteiger partial charge on any atom is -0.454 e. The van der Waals surface area contributed by atoms with Gasteiger partial charge in [-0.25, -0.2) is 4.98 Å². The predicted octanol–water partition coefficient (Wildman–Crippen LogP) is 4.37. The molecule has 166 valence electrons. The molecule has 0 saturated carbocycles. The Bertz CT molecular complexity index is 1310. The summed E-state index contributed by atoms with van der Waals surface area (Å²) < 4.78 is 10.6. The minimum atomic E-state index is -0.366. The second-order valence-corrected chi connectivity index (χ2v) is 9.36. The van der Waals surface area contributed by atoms with Crippen LogP contribution in [0.5, 0.6) is 11.5 Å². The molecule has 2 amide bonds. The maximum atomic E-state index is 12.8. The Balaban J connectivity index is 1.21. The molecule has 9 nitrogen and oxygen atoms in total. The van der Waals surface area contributed by atoms with Gasteiger partial charge in [-0.3, -0.25) is 14.9 Å². The third kappa shape index (κ3) is 4.97. The number of anilines is 2. The standard InChI is InChI=1S/C21H15N5O4S3/c27-17(23-13-3-4-15-16(8-13)30-11-29-15)10-32-20-14(2-1-6-22-20)18(28)24-21-26-25-19(33-21)12-5-7-31-9-12/h1-9H,10-11H2,(H,23,27)(H,24,26,28). The van der Waals surface area contributed by atoms with Gasteiger partial charge in [0, 0.05) is 28.9 Å². The van der Waals surface area contributed by atoms with Gasteiger partial charge in [0.2, 0.25) is 17.8 Å². The highest BCUT2D eigenvalue weighted by Crippen LogP contribution is 2.34. The average Bonchev–Trinajstić information content (AvgIpc) is 3.59. The summed E-state index contributed by atoms with van der Waals surface area (Å²) >= 11 is 4.03. The second kappa shape index (κ2) is 9.57. The van der Waals surface area contributed by atoms with Crippen LogP contribution in [0.25, 0.3) is 10.6 Å². The quantitative estimate of drug-likeness (QED) is 0.362. The van der Waals surface area contributed by atoms with Gasteiger partial charge >= 0.3 is 0 Å². The Hall–Kier alpha value is -3.48. The molecule has 0 saturated heterocycles. The number of thioether (sulfide) groups is 1. The van der Waals surface area contributed by atoms with Gasteiger partial charge in [-0.05, 0) is 35.7 Å². The van der Waals surface area contributed by atoms with E-state index in [2.05, 4.69) is 25.8 Å². The van der Waals surface area contributed by atoms with Gasteiger partial charge in [0.15, 0.2) is 11.5 Å². The Morgan fingerprint density at radius 3 is 2.88 bits per heavy atom. The first-order chi connectivity index (χ1) is 16.2. The fraction of sp³-hybridized carbons (Fsp3) is 0.0952. The van der Waals surface area contributed by atoms with E-state index in [0.29, 0.717) is 32.9 Å². The van der Waals surface area contributed by atoms with Crippen molar-refractivity contribution in [3.05, 3.63) is 58.9 Å². The van der Waals surface area contributed by atoms with Crippen molar-refractivity contribution >= 4 is 57.1 Å². The van der Waals surface area contributed by atoms with Crippen molar-refractivity contribution in [2.75, 3.05) is 23.2 Å². The van der Waals surface area contributed by atoms with E-state index >= 15 is 0 Å². The number of hydrogen-bond acceptors (Lipinski definition) is 10. The number of ether oxygens (including phenoxy) is 2. The predicted molar refractivity (Wildman–Crippen MR) is 127 cm³/mol. The van der Waals surface area contributed by atoms with Crippen LogP contribution in [0.2, 0.25) is 0 Å². The van der Waals surface area contributed by atoms with Gasteiger partial charge in [0.1, 0.15) is 10.0 Å². The number of nitrogens with zero attached hydrogens (tertiary/aromatic N) is 3. The molecular weight excluding hydrogens is 482 g/mol. The monoisotopic (exact) mass is 497 g/mol. The molecule has 0 atom stereocenters. The molecule has 0 bridgehead atoms. The maximum Gasteiger partial charge on any atom is 0.260 e. The summed E-state index contributed by atoms with van der Waals surface area (Å²) in [5, 5.41) is 19.2. The van der Waals surface area contributed by atoms with Crippen LogP contribution in [-0.2, 0) is 4.79 Å². The fourth-order valence-corrected chi connectivity index (χ4v) is 5.17. The van der Waals surface area contributed by atoms with Crippen molar-refractivity contribution in [2.45, 2.75) is 5.03 Å². The lowest BCUT2D eigenvalue weighted by atomic mass is 10.3. The SMILES string of the molecule is O=C(CSc1ncccc1C(=O)Nc1nnc(-c2ccsc2)s1)Nc1ccc2c(c1)OCO2. The largest absolute Gasteiger partial charge is 0.454 e. The van der Waals surface area contributed by atoms with E-state index in [-0.39, 0.29) is 24.4 Å². The maximum absolute atomic E-state index is 12.8. The molecule has 2 N–H and O–H groups in total. The second-order valence-electron chi connectivity index (χ2n) is 6.64. The zero-order chi connectivity index (χ0) is 22.6. The molecule has 33 heavy (non-hydrogen) atoms. The van der Waals surface area contributed by atoms with Gasteiger partial charge in [-0.2, -0.15) is 11.3 Å². The Morgan fingerprint density at radius 1 is 1.09 bits per heavy atom. The first-order valence-electron chi connectivity index (χ1n) is 9.60. The molecule has 3 aromatic heterocycles. The molecule has 0 aliphatic carbocycles. The number of carbonyl (C=O) groups excluding carboxylic acids is 2. The average molecular weight is 498 g/mol. The summed E-state index contributed by atoms with van der Waals surface area (Å²) in [5.74, 6) is 0.704. The minimum absolute atomic E-state index is 0.0762. The molecular formula is C21H15N5O4S3. The van der Waals surface area contributed by atoms with Crippen molar-refractivity contribution in [1.82, 2.24) is 15.2 Å². The third-order valence-corrected chi connectivity index (χ3v) is 7.00. The summed E-state index contributed by atoms with van der Waals surface area (Å²) in [4.78, 5) is 29.5. The first kappa shape index (κ1) is 21.4. The molecule has 0 fully saturated rings. The summed E-state index contributed by atoms with van der Waals surface area (Å²) in [7, 11) is 0. The molecule has 1 aromatic carbocycles. The number of rotatable bonds is 7. The van der Waals surface area contributed by atoms with E-state index in [9.17, 15) is 9.59 Å². The number of fused-ring (bicyclic) bond motifs is 1. The number of aromatic nitrogens is 3. The molecule has 0 spiro atoms. The Labute approximate surface area is 200 Å². The highest BCUT2D eigenvalue weighted by molar-refractivity contribution is 8.00. The zero-order valence-electron chi connectivity index (χ0n) is 16.8. The summed E-state index contributed by atoms with van der Waals surface area (Å²) in [6.45, 7) is 0.166. The number of amides is 2. The van der Waals surface area contributed by atoms with Gasteiger partial charge in [0.05, 0.1) is 11.3 Å². The van der Waals surface area contributed by atoms with Gasteiger partial charge in [0.25, 0.3) is 5.91 Å². The van der Waals surface area contributed by atoms with Crippen LogP contribution in [0.4, 0.5) is 10.8 Å². The Kier molecular flexibility index (Phi) is 6.19. The van der Waals surface area contributed by atoms with Crippen molar-refractivity contribution in [3.8, 4) is 22.1 Å².